The Hall–Kier alpha value is -1.52. The lowest BCUT2D eigenvalue weighted by molar-refractivity contribution is -0.146. The summed E-state index contributed by atoms with van der Waals surface area (Å²) in [7, 11) is 6.94. The number of anilines is 1. The van der Waals surface area contributed by atoms with E-state index in [1.807, 2.05) is 11.0 Å². The van der Waals surface area contributed by atoms with Gasteiger partial charge >= 0.3 is 5.97 Å². The molecule has 15 heavy (non-hydrogen) atoms. The van der Waals surface area contributed by atoms with E-state index in [1.165, 1.54) is 7.11 Å². The van der Waals surface area contributed by atoms with Crippen LogP contribution in [0.2, 0.25) is 0 Å². The van der Waals surface area contributed by atoms with Crippen molar-refractivity contribution < 1.29 is 9.53 Å². The summed E-state index contributed by atoms with van der Waals surface area (Å²) in [5.74, 6) is 0.681. The molecule has 0 saturated carbocycles. The molecule has 0 aromatic carbocycles. The number of hydrogen-bond acceptors (Lipinski definition) is 4. The van der Waals surface area contributed by atoms with Crippen LogP contribution in [0.3, 0.4) is 0 Å². The van der Waals surface area contributed by atoms with E-state index in [-0.39, 0.29) is 11.9 Å². The third-order valence-corrected chi connectivity index (χ3v) is 2.51. The zero-order valence-electron chi connectivity index (χ0n) is 8.51. The first-order valence-corrected chi connectivity index (χ1v) is 4.75. The Morgan fingerprint density at radius 2 is 2.33 bits per heavy atom. The van der Waals surface area contributed by atoms with Crippen molar-refractivity contribution in [3.05, 3.63) is 18.3 Å². The van der Waals surface area contributed by atoms with E-state index >= 15 is 0 Å². The van der Waals surface area contributed by atoms with E-state index < -0.39 is 0 Å². The molecule has 1 aliphatic rings. The first kappa shape index (κ1) is 10.0. The Kier molecular flexibility index (Phi) is 2.62. The fourth-order valence-electron chi connectivity index (χ4n) is 1.57. The lowest BCUT2D eigenvalue weighted by atomic mass is 9.98. The van der Waals surface area contributed by atoms with E-state index in [9.17, 15) is 4.79 Å². The number of pyridine rings is 1. The van der Waals surface area contributed by atoms with Gasteiger partial charge in [-0.1, -0.05) is 11.5 Å². The molecule has 2 rings (SSSR count). The molecule has 4 nitrogen and oxygen atoms in total. The molecule has 5 heteroatoms. The molecule has 1 aromatic heterocycles. The Bertz CT molecular complexity index is 360. The highest BCUT2D eigenvalue weighted by Gasteiger charge is 2.33. The van der Waals surface area contributed by atoms with Gasteiger partial charge in [0.2, 0.25) is 0 Å². The minimum Gasteiger partial charge on any atom is -0.469 e. The van der Waals surface area contributed by atoms with Crippen molar-refractivity contribution in [3.8, 4) is 0 Å². The predicted octanol–water partition coefficient (Wildman–Crippen LogP) is -0.515. The van der Waals surface area contributed by atoms with Gasteiger partial charge in [0.15, 0.2) is 0 Å². The fourth-order valence-corrected chi connectivity index (χ4v) is 1.57. The molecule has 0 spiro atoms. The van der Waals surface area contributed by atoms with Gasteiger partial charge in [-0.2, -0.15) is 0 Å². The number of rotatable bonds is 2. The van der Waals surface area contributed by atoms with E-state index in [0.717, 1.165) is 5.82 Å². The Morgan fingerprint density at radius 1 is 1.60 bits per heavy atom. The second kappa shape index (κ2) is 3.92. The lowest BCUT2D eigenvalue weighted by Crippen LogP contribution is -2.51. The van der Waals surface area contributed by atoms with Crippen molar-refractivity contribution in [2.75, 3.05) is 25.1 Å². The standard InChI is InChI=1S/C10H11BN2O2/c1-15-10(14)7-5-13(6-7)9-3-2-8(11)4-12-9/h2-4,7H,5-6H2,1H3. The fraction of sp³-hybridized carbons (Fsp3) is 0.400. The first-order valence-electron chi connectivity index (χ1n) is 4.75. The maximum Gasteiger partial charge on any atom is 0.312 e. The van der Waals surface area contributed by atoms with Crippen molar-refractivity contribution in [1.82, 2.24) is 4.98 Å². The summed E-state index contributed by atoms with van der Waals surface area (Å²) in [5, 5.41) is 0. The molecule has 1 fully saturated rings. The van der Waals surface area contributed by atoms with Gasteiger partial charge in [-0.15, -0.1) is 0 Å². The van der Waals surface area contributed by atoms with Gasteiger partial charge in [0.05, 0.1) is 13.0 Å². The van der Waals surface area contributed by atoms with Gasteiger partial charge in [0, 0.05) is 19.3 Å². The number of carbonyl (C=O) groups is 1. The molecule has 0 unspecified atom stereocenters. The average Bonchev–Trinajstić information content (AvgIpc) is 2.18. The molecule has 1 aliphatic heterocycles. The summed E-state index contributed by atoms with van der Waals surface area (Å²) in [6.07, 6.45) is 1.61. The van der Waals surface area contributed by atoms with Crippen LogP contribution in [0, 0.1) is 5.92 Å². The van der Waals surface area contributed by atoms with Gasteiger partial charge in [-0.25, -0.2) is 4.98 Å². The molecule has 1 saturated heterocycles. The number of esters is 1. The first-order chi connectivity index (χ1) is 7.20. The molecule has 1 aromatic rings. The number of ether oxygens (including phenoxy) is 1. The second-order valence-corrected chi connectivity index (χ2v) is 3.57. The number of nitrogens with zero attached hydrogens (tertiary/aromatic N) is 2. The highest BCUT2D eigenvalue weighted by Crippen LogP contribution is 2.22. The van der Waals surface area contributed by atoms with Gasteiger partial charge in [0.25, 0.3) is 0 Å². The largest absolute Gasteiger partial charge is 0.469 e. The summed E-state index contributed by atoms with van der Waals surface area (Å²) in [5.41, 5.74) is 0.642. The summed E-state index contributed by atoms with van der Waals surface area (Å²) in [6.45, 7) is 1.34. The Balaban J connectivity index is 1.94. The number of aromatic nitrogens is 1. The maximum absolute atomic E-state index is 11.1. The summed E-state index contributed by atoms with van der Waals surface area (Å²) in [4.78, 5) is 17.3. The monoisotopic (exact) mass is 202 g/mol. The van der Waals surface area contributed by atoms with Gasteiger partial charge in [-0.3, -0.25) is 4.79 Å². The number of carbonyl (C=O) groups excluding carboxylic acids is 1. The molecular formula is C10H11BN2O2. The SMILES string of the molecule is [B]c1ccc(N2CC(C(=O)OC)C2)nc1. The highest BCUT2D eigenvalue weighted by molar-refractivity contribution is 6.32. The van der Waals surface area contributed by atoms with Crippen LogP contribution in [0.5, 0.6) is 0 Å². The molecule has 2 heterocycles. The van der Waals surface area contributed by atoms with Crippen LogP contribution >= 0.6 is 0 Å². The third kappa shape index (κ3) is 1.96. The van der Waals surface area contributed by atoms with E-state index in [2.05, 4.69) is 9.72 Å². The normalized spacial score (nSPS) is 15.9. The molecule has 2 radical (unpaired) electrons. The van der Waals surface area contributed by atoms with Crippen LogP contribution < -0.4 is 10.4 Å². The van der Waals surface area contributed by atoms with Gasteiger partial charge in [-0.05, 0) is 6.07 Å². The minimum atomic E-state index is -0.151. The van der Waals surface area contributed by atoms with Crippen LogP contribution in [-0.2, 0) is 9.53 Å². The highest BCUT2D eigenvalue weighted by atomic mass is 16.5. The predicted molar refractivity (Wildman–Crippen MR) is 57.3 cm³/mol. The second-order valence-electron chi connectivity index (χ2n) is 3.57. The van der Waals surface area contributed by atoms with Gasteiger partial charge in [0.1, 0.15) is 13.7 Å². The zero-order valence-corrected chi connectivity index (χ0v) is 8.51. The van der Waals surface area contributed by atoms with Crippen LogP contribution in [0.4, 0.5) is 5.82 Å². The van der Waals surface area contributed by atoms with Crippen LogP contribution in [-0.4, -0.2) is 39.0 Å². The molecule has 0 atom stereocenters. The van der Waals surface area contributed by atoms with Crippen molar-refractivity contribution in [3.63, 3.8) is 0 Å². The molecule has 0 amide bonds. The van der Waals surface area contributed by atoms with E-state index in [0.29, 0.717) is 18.6 Å². The lowest BCUT2D eigenvalue weighted by Gasteiger charge is -2.38. The van der Waals surface area contributed by atoms with Gasteiger partial charge < -0.3 is 9.64 Å². The molecule has 0 bridgehead atoms. The average molecular weight is 202 g/mol. The van der Waals surface area contributed by atoms with Crippen molar-refractivity contribution in [1.29, 1.82) is 0 Å². The van der Waals surface area contributed by atoms with Crippen molar-refractivity contribution >= 4 is 25.1 Å². The van der Waals surface area contributed by atoms with Crippen LogP contribution in [0.25, 0.3) is 0 Å². The van der Waals surface area contributed by atoms with E-state index in [1.54, 1.807) is 12.3 Å². The number of methoxy groups -OCH3 is 1. The van der Waals surface area contributed by atoms with Crippen molar-refractivity contribution in [2.45, 2.75) is 0 Å². The Labute approximate surface area is 89.7 Å². The quantitative estimate of drug-likeness (QED) is 0.478. The molecule has 0 aliphatic carbocycles. The maximum atomic E-state index is 11.1. The summed E-state index contributed by atoms with van der Waals surface area (Å²) >= 11 is 0. The summed E-state index contributed by atoms with van der Waals surface area (Å²) in [6, 6.07) is 3.65. The smallest absolute Gasteiger partial charge is 0.312 e. The zero-order chi connectivity index (χ0) is 10.8. The van der Waals surface area contributed by atoms with E-state index in [4.69, 9.17) is 7.85 Å². The third-order valence-electron chi connectivity index (χ3n) is 2.51. The molecule has 76 valence electrons. The molecule has 0 N–H and O–H groups in total. The Morgan fingerprint density at radius 3 is 2.87 bits per heavy atom. The van der Waals surface area contributed by atoms with Crippen molar-refractivity contribution in [2.24, 2.45) is 5.92 Å². The minimum absolute atomic E-state index is 0.0191. The molecular weight excluding hydrogens is 191 g/mol. The number of hydrogen-bond donors (Lipinski definition) is 0. The van der Waals surface area contributed by atoms with Crippen LogP contribution in [0.1, 0.15) is 0 Å². The van der Waals surface area contributed by atoms with Crippen LogP contribution in [0.15, 0.2) is 18.3 Å². The topological polar surface area (TPSA) is 42.4 Å². The summed E-state index contributed by atoms with van der Waals surface area (Å²) < 4.78 is 4.65.